The van der Waals surface area contributed by atoms with Crippen molar-refractivity contribution in [3.63, 3.8) is 0 Å². The van der Waals surface area contributed by atoms with Crippen molar-refractivity contribution in [2.75, 3.05) is 34.4 Å². The van der Waals surface area contributed by atoms with Gasteiger partial charge in [-0.1, -0.05) is 6.92 Å². The second-order valence-corrected chi connectivity index (χ2v) is 4.69. The number of hydrogen-bond donors (Lipinski definition) is 2. The van der Waals surface area contributed by atoms with Gasteiger partial charge in [-0.25, -0.2) is 0 Å². The molecule has 0 amide bonds. The van der Waals surface area contributed by atoms with Crippen LogP contribution >= 0.6 is 0 Å². The third-order valence-corrected chi connectivity index (χ3v) is 2.64. The Kier molecular flexibility index (Phi) is 7.35. The van der Waals surface area contributed by atoms with Gasteiger partial charge in [0, 0.05) is 27.2 Å². The molecule has 6 nitrogen and oxygen atoms in total. The molecule has 0 heterocycles. The lowest BCUT2D eigenvalue weighted by Crippen LogP contribution is -2.46. The van der Waals surface area contributed by atoms with Crippen LogP contribution in [0.15, 0.2) is 4.99 Å². The van der Waals surface area contributed by atoms with E-state index >= 15 is 0 Å². The Morgan fingerprint density at radius 3 is 2.39 bits per heavy atom. The fourth-order valence-corrected chi connectivity index (χ4v) is 1.12. The third kappa shape index (κ3) is 6.44. The highest BCUT2D eigenvalue weighted by Gasteiger charge is 2.17. The van der Waals surface area contributed by atoms with Gasteiger partial charge in [-0.2, -0.15) is 0 Å². The van der Waals surface area contributed by atoms with Gasteiger partial charge in [0.05, 0.1) is 18.6 Å². The van der Waals surface area contributed by atoms with Crippen molar-refractivity contribution in [2.45, 2.75) is 26.4 Å². The average Bonchev–Trinajstić information content (AvgIpc) is 2.37. The Labute approximate surface area is 109 Å². The number of ether oxygens (including phenoxy) is 2. The fourth-order valence-electron chi connectivity index (χ4n) is 1.12. The summed E-state index contributed by atoms with van der Waals surface area (Å²) in [7, 11) is 4.72. The Hall–Kier alpha value is -1.30. The van der Waals surface area contributed by atoms with Crippen LogP contribution in [0.1, 0.15) is 20.8 Å². The SMILES string of the molecule is CN=C(NCC(C)C(=O)OC)NCC(C)(C)OC. The Bertz CT molecular complexity index is 290. The quantitative estimate of drug-likeness (QED) is 0.410. The number of hydrogen-bond acceptors (Lipinski definition) is 4. The molecule has 106 valence electrons. The van der Waals surface area contributed by atoms with Crippen LogP contribution in [0.4, 0.5) is 0 Å². The minimum absolute atomic E-state index is 0.219. The molecule has 0 aromatic heterocycles. The van der Waals surface area contributed by atoms with E-state index in [2.05, 4.69) is 20.4 Å². The minimum Gasteiger partial charge on any atom is -0.469 e. The first-order valence-corrected chi connectivity index (χ1v) is 5.93. The number of carbonyl (C=O) groups excluding carboxylic acids is 1. The second kappa shape index (κ2) is 7.92. The lowest BCUT2D eigenvalue weighted by Gasteiger charge is -2.24. The molecule has 6 heteroatoms. The van der Waals surface area contributed by atoms with Gasteiger partial charge in [0.15, 0.2) is 5.96 Å². The van der Waals surface area contributed by atoms with E-state index in [1.54, 1.807) is 21.1 Å². The van der Waals surface area contributed by atoms with Crippen molar-refractivity contribution >= 4 is 11.9 Å². The predicted molar refractivity (Wildman–Crippen MR) is 71.6 cm³/mol. The lowest BCUT2D eigenvalue weighted by atomic mass is 10.1. The normalized spacial score (nSPS) is 14.0. The zero-order chi connectivity index (χ0) is 14.2. The minimum atomic E-state index is -0.272. The van der Waals surface area contributed by atoms with E-state index in [-0.39, 0.29) is 17.5 Å². The van der Waals surface area contributed by atoms with E-state index in [9.17, 15) is 4.79 Å². The summed E-state index contributed by atoms with van der Waals surface area (Å²) in [6.45, 7) is 6.84. The summed E-state index contributed by atoms with van der Waals surface area (Å²) in [5.41, 5.74) is -0.272. The van der Waals surface area contributed by atoms with Crippen LogP contribution in [0.25, 0.3) is 0 Å². The van der Waals surface area contributed by atoms with Crippen LogP contribution in [0.5, 0.6) is 0 Å². The fraction of sp³-hybridized carbons (Fsp3) is 0.833. The Balaban J connectivity index is 4.11. The lowest BCUT2D eigenvalue weighted by molar-refractivity contribution is -0.144. The van der Waals surface area contributed by atoms with Crippen molar-refractivity contribution in [1.29, 1.82) is 0 Å². The van der Waals surface area contributed by atoms with Crippen LogP contribution in [-0.4, -0.2) is 51.9 Å². The van der Waals surface area contributed by atoms with E-state index in [4.69, 9.17) is 4.74 Å². The van der Waals surface area contributed by atoms with Gasteiger partial charge < -0.3 is 20.1 Å². The standard InChI is InChI=1S/C12H25N3O3/c1-9(10(16)17-5)7-14-11(13-4)15-8-12(2,3)18-6/h9H,7-8H2,1-6H3,(H2,13,14,15). The van der Waals surface area contributed by atoms with Gasteiger partial charge in [-0.15, -0.1) is 0 Å². The molecule has 0 fully saturated rings. The van der Waals surface area contributed by atoms with Gasteiger partial charge in [0.2, 0.25) is 0 Å². The van der Waals surface area contributed by atoms with Gasteiger partial charge in [-0.3, -0.25) is 9.79 Å². The molecule has 0 radical (unpaired) electrons. The predicted octanol–water partition coefficient (Wildman–Crippen LogP) is 0.385. The molecule has 0 bridgehead atoms. The molecular weight excluding hydrogens is 234 g/mol. The molecule has 0 aromatic rings. The summed E-state index contributed by atoms with van der Waals surface area (Å²) in [4.78, 5) is 15.3. The number of esters is 1. The number of methoxy groups -OCH3 is 2. The van der Waals surface area contributed by atoms with E-state index in [0.717, 1.165) is 0 Å². The molecule has 0 saturated carbocycles. The van der Waals surface area contributed by atoms with Gasteiger partial charge in [-0.05, 0) is 13.8 Å². The smallest absolute Gasteiger partial charge is 0.310 e. The Morgan fingerprint density at radius 2 is 1.94 bits per heavy atom. The number of nitrogens with zero attached hydrogens (tertiary/aromatic N) is 1. The summed E-state index contributed by atoms with van der Waals surface area (Å²) in [6.07, 6.45) is 0. The average molecular weight is 259 g/mol. The molecule has 0 saturated heterocycles. The van der Waals surface area contributed by atoms with Crippen LogP contribution in [0.2, 0.25) is 0 Å². The summed E-state index contributed by atoms with van der Waals surface area (Å²) >= 11 is 0. The number of guanidine groups is 1. The molecule has 1 unspecified atom stereocenters. The Morgan fingerprint density at radius 1 is 1.33 bits per heavy atom. The summed E-state index contributed by atoms with van der Waals surface area (Å²) in [6, 6.07) is 0. The van der Waals surface area contributed by atoms with Crippen LogP contribution in [0, 0.1) is 5.92 Å². The number of carbonyl (C=O) groups is 1. The first-order chi connectivity index (χ1) is 8.36. The molecule has 18 heavy (non-hydrogen) atoms. The summed E-state index contributed by atoms with van der Waals surface area (Å²) in [5, 5.41) is 6.20. The molecule has 0 rings (SSSR count). The van der Waals surface area contributed by atoms with Crippen molar-refractivity contribution in [2.24, 2.45) is 10.9 Å². The maximum absolute atomic E-state index is 11.2. The molecule has 2 N–H and O–H groups in total. The summed E-state index contributed by atoms with van der Waals surface area (Å²) < 4.78 is 9.94. The van der Waals surface area contributed by atoms with Crippen LogP contribution < -0.4 is 10.6 Å². The van der Waals surface area contributed by atoms with Gasteiger partial charge >= 0.3 is 5.97 Å². The number of aliphatic imine (C=N–C) groups is 1. The highest BCUT2D eigenvalue weighted by Crippen LogP contribution is 2.04. The van der Waals surface area contributed by atoms with E-state index < -0.39 is 0 Å². The maximum atomic E-state index is 11.2. The monoisotopic (exact) mass is 259 g/mol. The molecule has 0 spiro atoms. The first-order valence-electron chi connectivity index (χ1n) is 5.93. The van der Waals surface area contributed by atoms with Gasteiger partial charge in [0.25, 0.3) is 0 Å². The molecule has 0 aliphatic carbocycles. The van der Waals surface area contributed by atoms with Crippen molar-refractivity contribution in [3.8, 4) is 0 Å². The molecule has 0 aromatic carbocycles. The maximum Gasteiger partial charge on any atom is 0.310 e. The van der Waals surface area contributed by atoms with Crippen molar-refractivity contribution in [1.82, 2.24) is 10.6 Å². The largest absolute Gasteiger partial charge is 0.469 e. The highest BCUT2D eigenvalue weighted by molar-refractivity contribution is 5.80. The number of nitrogens with one attached hydrogen (secondary N) is 2. The molecular formula is C12H25N3O3. The second-order valence-electron chi connectivity index (χ2n) is 4.69. The van der Waals surface area contributed by atoms with E-state index in [0.29, 0.717) is 19.0 Å². The number of rotatable bonds is 6. The molecule has 1 atom stereocenters. The zero-order valence-corrected chi connectivity index (χ0v) is 12.2. The van der Waals surface area contributed by atoms with Crippen LogP contribution in [0.3, 0.4) is 0 Å². The van der Waals surface area contributed by atoms with Crippen molar-refractivity contribution < 1.29 is 14.3 Å². The van der Waals surface area contributed by atoms with Crippen molar-refractivity contribution in [3.05, 3.63) is 0 Å². The summed E-state index contributed by atoms with van der Waals surface area (Å²) in [5.74, 6) is 0.176. The molecule has 0 aliphatic rings. The zero-order valence-electron chi connectivity index (χ0n) is 12.2. The van der Waals surface area contributed by atoms with E-state index in [1.807, 2.05) is 13.8 Å². The van der Waals surface area contributed by atoms with Gasteiger partial charge in [0.1, 0.15) is 0 Å². The molecule has 0 aliphatic heterocycles. The highest BCUT2D eigenvalue weighted by atomic mass is 16.5. The van der Waals surface area contributed by atoms with E-state index in [1.165, 1.54) is 7.11 Å². The van der Waals surface area contributed by atoms with Crippen LogP contribution in [-0.2, 0) is 14.3 Å². The third-order valence-electron chi connectivity index (χ3n) is 2.64. The topological polar surface area (TPSA) is 72.0 Å². The first kappa shape index (κ1) is 16.7.